The Balaban J connectivity index is 1.26. The summed E-state index contributed by atoms with van der Waals surface area (Å²) in [5.74, 6) is 2.32. The third-order valence-corrected chi connectivity index (χ3v) is 9.39. The maximum atomic E-state index is 13.9. The number of benzene rings is 1. The van der Waals surface area contributed by atoms with Crippen molar-refractivity contribution in [2.75, 3.05) is 13.1 Å². The Labute approximate surface area is 223 Å². The first-order valence-corrected chi connectivity index (χ1v) is 14.4. The molecule has 0 unspecified atom stereocenters. The van der Waals surface area contributed by atoms with Gasteiger partial charge in [-0.1, -0.05) is 25.5 Å². The normalized spacial score (nSPS) is 21.6. The summed E-state index contributed by atoms with van der Waals surface area (Å²) in [5, 5.41) is 9.60. The molecular weight excluding hydrogens is 472 g/mol. The zero-order valence-corrected chi connectivity index (χ0v) is 22.6. The van der Waals surface area contributed by atoms with Crippen molar-refractivity contribution in [2.24, 2.45) is 13.0 Å². The summed E-state index contributed by atoms with van der Waals surface area (Å²) < 4.78 is 3.93. The molecule has 0 amide bonds. The van der Waals surface area contributed by atoms with E-state index in [0.717, 1.165) is 72.9 Å². The van der Waals surface area contributed by atoms with E-state index in [1.807, 2.05) is 16.2 Å². The van der Waals surface area contributed by atoms with Crippen LogP contribution in [0.5, 0.6) is 0 Å². The van der Waals surface area contributed by atoms with Gasteiger partial charge in [0.1, 0.15) is 17.7 Å². The molecule has 2 saturated carbocycles. The van der Waals surface area contributed by atoms with E-state index >= 15 is 0 Å². The van der Waals surface area contributed by atoms with E-state index in [-0.39, 0.29) is 11.0 Å². The number of H-pyrrole nitrogens is 1. The summed E-state index contributed by atoms with van der Waals surface area (Å²) >= 11 is 0. The third-order valence-electron chi connectivity index (χ3n) is 9.39. The minimum Gasteiger partial charge on any atom is -0.353 e. The van der Waals surface area contributed by atoms with Crippen LogP contribution in [0, 0.1) is 5.92 Å². The lowest BCUT2D eigenvalue weighted by Gasteiger charge is -2.42. The third kappa shape index (κ3) is 4.21. The van der Waals surface area contributed by atoms with Crippen molar-refractivity contribution in [3.05, 3.63) is 75.9 Å². The highest BCUT2D eigenvalue weighted by molar-refractivity contribution is 5.84. The highest BCUT2D eigenvalue weighted by Gasteiger charge is 2.40. The number of rotatable bonds is 7. The van der Waals surface area contributed by atoms with E-state index in [1.54, 1.807) is 6.33 Å². The Morgan fingerprint density at radius 1 is 1.13 bits per heavy atom. The number of aromatic nitrogens is 5. The SMILES string of the molecule is C[C@H]1CCCN(Cc2cc3c(C4CC4)cn(-c4cccc(C5(Cc6nncn6C)CCC5)c4)c(=O)c3[nH]2)C1. The van der Waals surface area contributed by atoms with E-state index in [2.05, 4.69) is 63.5 Å². The molecule has 2 aliphatic carbocycles. The fourth-order valence-corrected chi connectivity index (χ4v) is 6.89. The molecule has 38 heavy (non-hydrogen) atoms. The number of likely N-dealkylation sites (tertiary alicyclic amines) is 1. The second kappa shape index (κ2) is 9.23. The van der Waals surface area contributed by atoms with E-state index in [0.29, 0.717) is 5.92 Å². The summed E-state index contributed by atoms with van der Waals surface area (Å²) in [6.07, 6.45) is 13.3. The molecule has 4 aromatic rings. The molecule has 1 saturated heterocycles. The van der Waals surface area contributed by atoms with E-state index in [1.165, 1.54) is 43.2 Å². The maximum absolute atomic E-state index is 13.9. The van der Waals surface area contributed by atoms with Crippen molar-refractivity contribution in [3.63, 3.8) is 0 Å². The molecule has 1 atom stereocenters. The number of pyridine rings is 1. The fraction of sp³-hybridized carbons (Fsp3) is 0.516. The predicted octanol–water partition coefficient (Wildman–Crippen LogP) is 5.22. The fourth-order valence-electron chi connectivity index (χ4n) is 6.89. The van der Waals surface area contributed by atoms with Gasteiger partial charge in [-0.05, 0) is 86.2 Å². The zero-order valence-electron chi connectivity index (χ0n) is 22.6. The highest BCUT2D eigenvalue weighted by Crippen LogP contribution is 2.47. The van der Waals surface area contributed by atoms with Gasteiger partial charge in [-0.15, -0.1) is 10.2 Å². The lowest BCUT2D eigenvalue weighted by atomic mass is 9.62. The van der Waals surface area contributed by atoms with Gasteiger partial charge in [0, 0.05) is 54.9 Å². The zero-order chi connectivity index (χ0) is 25.9. The second-order valence-corrected chi connectivity index (χ2v) is 12.3. The molecule has 1 aromatic carbocycles. The second-order valence-electron chi connectivity index (χ2n) is 12.3. The molecule has 4 heterocycles. The molecule has 0 spiro atoms. The van der Waals surface area contributed by atoms with Crippen LogP contribution < -0.4 is 5.56 Å². The first-order valence-electron chi connectivity index (χ1n) is 14.4. The van der Waals surface area contributed by atoms with Gasteiger partial charge < -0.3 is 9.55 Å². The van der Waals surface area contributed by atoms with Crippen LogP contribution in [0.3, 0.4) is 0 Å². The minimum atomic E-state index is 0.0516. The van der Waals surface area contributed by atoms with Gasteiger partial charge in [0.2, 0.25) is 0 Å². The highest BCUT2D eigenvalue weighted by atomic mass is 16.1. The molecule has 7 heteroatoms. The summed E-state index contributed by atoms with van der Waals surface area (Å²) in [6.45, 7) is 5.51. The number of piperidine rings is 1. The van der Waals surface area contributed by atoms with E-state index < -0.39 is 0 Å². The molecule has 3 aromatic heterocycles. The van der Waals surface area contributed by atoms with Gasteiger partial charge in [0.25, 0.3) is 5.56 Å². The van der Waals surface area contributed by atoms with Crippen LogP contribution >= 0.6 is 0 Å². The topological polar surface area (TPSA) is 71.7 Å². The largest absolute Gasteiger partial charge is 0.353 e. The van der Waals surface area contributed by atoms with E-state index in [4.69, 9.17) is 0 Å². The lowest BCUT2D eigenvalue weighted by molar-refractivity contribution is 0.175. The van der Waals surface area contributed by atoms with Crippen molar-refractivity contribution in [2.45, 2.75) is 76.2 Å². The summed E-state index contributed by atoms with van der Waals surface area (Å²) in [5.41, 5.74) is 5.62. The Bertz CT molecular complexity index is 1540. The minimum absolute atomic E-state index is 0.0516. The molecular formula is C31H38N6O. The Morgan fingerprint density at radius 3 is 2.71 bits per heavy atom. The maximum Gasteiger partial charge on any atom is 0.279 e. The monoisotopic (exact) mass is 510 g/mol. The first kappa shape index (κ1) is 23.9. The molecule has 7 rings (SSSR count). The molecule has 1 aliphatic heterocycles. The molecule has 198 valence electrons. The van der Waals surface area contributed by atoms with Crippen molar-refractivity contribution >= 4 is 10.9 Å². The van der Waals surface area contributed by atoms with Crippen molar-refractivity contribution in [3.8, 4) is 5.69 Å². The number of fused-ring (bicyclic) bond motifs is 1. The Kier molecular flexibility index (Phi) is 5.80. The predicted molar refractivity (Wildman–Crippen MR) is 150 cm³/mol. The quantitative estimate of drug-likeness (QED) is 0.370. The molecule has 3 fully saturated rings. The molecule has 7 nitrogen and oxygen atoms in total. The van der Waals surface area contributed by atoms with E-state index in [9.17, 15) is 4.79 Å². The van der Waals surface area contributed by atoms with Crippen LogP contribution in [0.4, 0.5) is 0 Å². The van der Waals surface area contributed by atoms with Gasteiger partial charge in [-0.2, -0.15) is 0 Å². The van der Waals surface area contributed by atoms with Gasteiger partial charge in [-0.3, -0.25) is 14.3 Å². The summed E-state index contributed by atoms with van der Waals surface area (Å²) in [6, 6.07) is 10.9. The number of nitrogens with zero attached hydrogens (tertiary/aromatic N) is 5. The van der Waals surface area contributed by atoms with Crippen LogP contribution in [0.15, 0.2) is 47.7 Å². The lowest BCUT2D eigenvalue weighted by Crippen LogP contribution is -2.37. The number of hydrogen-bond donors (Lipinski definition) is 1. The smallest absolute Gasteiger partial charge is 0.279 e. The average molecular weight is 511 g/mol. The summed E-state index contributed by atoms with van der Waals surface area (Å²) in [7, 11) is 2.02. The van der Waals surface area contributed by atoms with Crippen LogP contribution in [0.2, 0.25) is 0 Å². The number of aromatic amines is 1. The van der Waals surface area contributed by atoms with Crippen LogP contribution in [0.1, 0.15) is 80.4 Å². The molecule has 0 radical (unpaired) electrons. The Hall–Kier alpha value is -3.19. The first-order chi connectivity index (χ1) is 18.5. The molecule has 1 N–H and O–H groups in total. The van der Waals surface area contributed by atoms with Gasteiger partial charge in [0.15, 0.2) is 0 Å². The standard InChI is InChI=1S/C31H38N6O/c1-21-6-4-13-36(17-21)18-24-15-26-27(22-9-10-22)19-37(30(38)29(26)33-24)25-8-3-7-23(14-25)31(11-5-12-31)16-28-34-32-20-35(28)2/h3,7-8,14-15,19-22,33H,4-6,9-13,16-18H2,1-2H3/t21-/m0/s1. The van der Waals surface area contributed by atoms with Crippen molar-refractivity contribution in [1.29, 1.82) is 0 Å². The molecule has 3 aliphatic rings. The number of aryl methyl sites for hydroxylation is 1. The van der Waals surface area contributed by atoms with Gasteiger partial charge >= 0.3 is 0 Å². The van der Waals surface area contributed by atoms with Gasteiger partial charge in [-0.25, -0.2) is 0 Å². The number of nitrogens with one attached hydrogen (secondary N) is 1. The van der Waals surface area contributed by atoms with Gasteiger partial charge in [0.05, 0.1) is 0 Å². The molecule has 0 bridgehead atoms. The van der Waals surface area contributed by atoms with Crippen molar-refractivity contribution in [1.82, 2.24) is 29.2 Å². The van der Waals surface area contributed by atoms with Crippen LogP contribution in [-0.4, -0.2) is 42.3 Å². The van der Waals surface area contributed by atoms with Crippen LogP contribution in [-0.2, 0) is 25.4 Å². The van der Waals surface area contributed by atoms with Crippen molar-refractivity contribution < 1.29 is 0 Å². The number of hydrogen-bond acceptors (Lipinski definition) is 4. The average Bonchev–Trinajstić information content (AvgIpc) is 3.52. The Morgan fingerprint density at radius 2 is 2.00 bits per heavy atom. The summed E-state index contributed by atoms with van der Waals surface area (Å²) in [4.78, 5) is 20.0. The van der Waals surface area contributed by atoms with Crippen LogP contribution in [0.25, 0.3) is 16.6 Å².